The quantitative estimate of drug-likeness (QED) is 0.787. The number of hydrogen-bond donors (Lipinski definition) is 1. The first-order chi connectivity index (χ1) is 8.60. The molecule has 0 radical (unpaired) electrons. The zero-order chi connectivity index (χ0) is 13.5. The van der Waals surface area contributed by atoms with E-state index in [4.69, 9.17) is 5.73 Å². The van der Waals surface area contributed by atoms with Gasteiger partial charge in [-0.25, -0.2) is 0 Å². The number of piperidine rings is 1. The Morgan fingerprint density at radius 1 is 1.28 bits per heavy atom. The van der Waals surface area contributed by atoms with E-state index in [1.54, 1.807) is 0 Å². The van der Waals surface area contributed by atoms with Crippen molar-refractivity contribution in [3.05, 3.63) is 0 Å². The molecular weight excluding hydrogens is 228 g/mol. The first kappa shape index (κ1) is 15.0. The summed E-state index contributed by atoms with van der Waals surface area (Å²) in [5, 5.41) is 0. The monoisotopic (exact) mass is 254 g/mol. The third-order valence-corrected chi connectivity index (χ3v) is 3.96. The van der Waals surface area contributed by atoms with E-state index in [0.717, 1.165) is 38.5 Å². The molecule has 2 amide bonds. The predicted molar refractivity (Wildman–Crippen MR) is 71.8 cm³/mol. The molecule has 104 valence electrons. The number of primary amides is 1. The molecule has 1 saturated heterocycles. The van der Waals surface area contributed by atoms with Gasteiger partial charge in [-0.2, -0.15) is 0 Å². The minimum Gasteiger partial charge on any atom is -0.369 e. The molecule has 1 unspecified atom stereocenters. The maximum absolute atomic E-state index is 12.3. The SMILES string of the molecule is CCCCC(CC)C(=O)N1CCC(C(N)=O)CC1. The summed E-state index contributed by atoms with van der Waals surface area (Å²) in [6.07, 6.45) is 5.60. The van der Waals surface area contributed by atoms with Gasteiger partial charge in [0.15, 0.2) is 0 Å². The summed E-state index contributed by atoms with van der Waals surface area (Å²) in [5.41, 5.74) is 5.30. The molecule has 4 heteroatoms. The van der Waals surface area contributed by atoms with Crippen LogP contribution in [0.4, 0.5) is 0 Å². The molecule has 1 aliphatic rings. The van der Waals surface area contributed by atoms with Gasteiger partial charge in [0.05, 0.1) is 0 Å². The maximum Gasteiger partial charge on any atom is 0.225 e. The van der Waals surface area contributed by atoms with E-state index in [1.165, 1.54) is 0 Å². The predicted octanol–water partition coefficient (Wildman–Crippen LogP) is 1.93. The Labute approximate surface area is 110 Å². The van der Waals surface area contributed by atoms with Crippen LogP contribution in [0.1, 0.15) is 52.4 Å². The number of nitrogens with two attached hydrogens (primary N) is 1. The lowest BCUT2D eigenvalue weighted by Crippen LogP contribution is -2.44. The molecule has 0 aliphatic carbocycles. The lowest BCUT2D eigenvalue weighted by atomic mass is 9.93. The molecule has 2 N–H and O–H groups in total. The highest BCUT2D eigenvalue weighted by atomic mass is 16.2. The molecule has 1 heterocycles. The van der Waals surface area contributed by atoms with Crippen LogP contribution < -0.4 is 5.73 Å². The normalized spacial score (nSPS) is 18.7. The van der Waals surface area contributed by atoms with Gasteiger partial charge in [-0.05, 0) is 25.7 Å². The van der Waals surface area contributed by atoms with Crippen LogP contribution in [-0.4, -0.2) is 29.8 Å². The molecule has 0 spiro atoms. The molecule has 0 aromatic heterocycles. The summed E-state index contributed by atoms with van der Waals surface area (Å²) in [6.45, 7) is 5.61. The molecular formula is C14H26N2O2. The maximum atomic E-state index is 12.3. The minimum absolute atomic E-state index is 0.0373. The highest BCUT2D eigenvalue weighted by Gasteiger charge is 2.28. The van der Waals surface area contributed by atoms with Gasteiger partial charge in [0.2, 0.25) is 11.8 Å². The molecule has 1 rings (SSSR count). The summed E-state index contributed by atoms with van der Waals surface area (Å²) < 4.78 is 0. The highest BCUT2D eigenvalue weighted by molar-refractivity contribution is 5.80. The number of carbonyl (C=O) groups excluding carboxylic acids is 2. The van der Waals surface area contributed by atoms with Crippen LogP contribution >= 0.6 is 0 Å². The average Bonchev–Trinajstić information content (AvgIpc) is 2.39. The zero-order valence-electron chi connectivity index (χ0n) is 11.7. The van der Waals surface area contributed by atoms with Crippen molar-refractivity contribution in [2.24, 2.45) is 17.6 Å². The number of hydrogen-bond acceptors (Lipinski definition) is 2. The second-order valence-corrected chi connectivity index (χ2v) is 5.25. The number of carbonyl (C=O) groups is 2. The number of nitrogens with zero attached hydrogens (tertiary/aromatic N) is 1. The van der Waals surface area contributed by atoms with E-state index in [-0.39, 0.29) is 23.7 Å². The van der Waals surface area contributed by atoms with Crippen molar-refractivity contribution in [1.29, 1.82) is 0 Å². The van der Waals surface area contributed by atoms with E-state index in [0.29, 0.717) is 13.1 Å². The zero-order valence-corrected chi connectivity index (χ0v) is 11.7. The van der Waals surface area contributed by atoms with Crippen LogP contribution in [0.15, 0.2) is 0 Å². The lowest BCUT2D eigenvalue weighted by molar-refractivity contribution is -0.139. The van der Waals surface area contributed by atoms with E-state index >= 15 is 0 Å². The fraction of sp³-hybridized carbons (Fsp3) is 0.857. The molecule has 0 aromatic rings. The molecule has 0 aromatic carbocycles. The van der Waals surface area contributed by atoms with E-state index in [1.807, 2.05) is 4.90 Å². The molecule has 0 saturated carbocycles. The lowest BCUT2D eigenvalue weighted by Gasteiger charge is -2.33. The van der Waals surface area contributed by atoms with Crippen molar-refractivity contribution in [2.75, 3.05) is 13.1 Å². The fourth-order valence-corrected chi connectivity index (χ4v) is 2.60. The first-order valence-corrected chi connectivity index (χ1v) is 7.18. The Hall–Kier alpha value is -1.06. The smallest absolute Gasteiger partial charge is 0.225 e. The first-order valence-electron chi connectivity index (χ1n) is 7.18. The molecule has 1 aliphatic heterocycles. The van der Waals surface area contributed by atoms with Crippen molar-refractivity contribution in [1.82, 2.24) is 4.90 Å². The van der Waals surface area contributed by atoms with Crippen molar-refractivity contribution in [2.45, 2.75) is 52.4 Å². The van der Waals surface area contributed by atoms with Crippen molar-refractivity contribution >= 4 is 11.8 Å². The number of amides is 2. The summed E-state index contributed by atoms with van der Waals surface area (Å²) in [7, 11) is 0. The number of unbranched alkanes of at least 4 members (excludes halogenated alkanes) is 1. The van der Waals surface area contributed by atoms with Gasteiger partial charge in [-0.3, -0.25) is 9.59 Å². The molecule has 4 nitrogen and oxygen atoms in total. The highest BCUT2D eigenvalue weighted by Crippen LogP contribution is 2.21. The average molecular weight is 254 g/mol. The third kappa shape index (κ3) is 4.00. The van der Waals surface area contributed by atoms with Crippen molar-refractivity contribution in [3.8, 4) is 0 Å². The Kier molecular flexibility index (Phi) is 6.16. The second kappa shape index (κ2) is 7.39. The molecule has 1 atom stereocenters. The van der Waals surface area contributed by atoms with Crippen LogP contribution in [0.5, 0.6) is 0 Å². The van der Waals surface area contributed by atoms with Gasteiger partial charge in [-0.15, -0.1) is 0 Å². The number of rotatable bonds is 6. The van der Waals surface area contributed by atoms with Crippen molar-refractivity contribution in [3.63, 3.8) is 0 Å². The Balaban J connectivity index is 2.45. The summed E-state index contributed by atoms with van der Waals surface area (Å²) in [6, 6.07) is 0. The van der Waals surface area contributed by atoms with Gasteiger partial charge >= 0.3 is 0 Å². The van der Waals surface area contributed by atoms with Crippen LogP contribution in [0.3, 0.4) is 0 Å². The number of likely N-dealkylation sites (tertiary alicyclic amines) is 1. The van der Waals surface area contributed by atoms with E-state index in [9.17, 15) is 9.59 Å². The fourth-order valence-electron chi connectivity index (χ4n) is 2.60. The second-order valence-electron chi connectivity index (χ2n) is 5.25. The summed E-state index contributed by atoms with van der Waals surface area (Å²) in [5.74, 6) is 0.175. The van der Waals surface area contributed by atoms with Crippen LogP contribution in [0.25, 0.3) is 0 Å². The van der Waals surface area contributed by atoms with Gasteiger partial charge in [0.25, 0.3) is 0 Å². The van der Waals surface area contributed by atoms with E-state index < -0.39 is 0 Å². The van der Waals surface area contributed by atoms with Crippen LogP contribution in [0.2, 0.25) is 0 Å². The van der Waals surface area contributed by atoms with Crippen LogP contribution in [-0.2, 0) is 9.59 Å². The Bertz CT molecular complexity index is 284. The topological polar surface area (TPSA) is 63.4 Å². The van der Waals surface area contributed by atoms with Gasteiger partial charge < -0.3 is 10.6 Å². The molecule has 18 heavy (non-hydrogen) atoms. The molecule has 0 bridgehead atoms. The minimum atomic E-state index is -0.222. The standard InChI is InChI=1S/C14H26N2O2/c1-3-5-6-11(4-2)14(18)16-9-7-12(8-10-16)13(15)17/h11-12H,3-10H2,1-2H3,(H2,15,17). The Morgan fingerprint density at radius 3 is 2.33 bits per heavy atom. The van der Waals surface area contributed by atoms with Gasteiger partial charge in [0.1, 0.15) is 0 Å². The van der Waals surface area contributed by atoms with Gasteiger partial charge in [-0.1, -0.05) is 26.7 Å². The van der Waals surface area contributed by atoms with Crippen molar-refractivity contribution < 1.29 is 9.59 Å². The summed E-state index contributed by atoms with van der Waals surface area (Å²) in [4.78, 5) is 25.3. The summed E-state index contributed by atoms with van der Waals surface area (Å²) >= 11 is 0. The van der Waals surface area contributed by atoms with E-state index in [2.05, 4.69) is 13.8 Å². The largest absolute Gasteiger partial charge is 0.369 e. The molecule has 1 fully saturated rings. The Morgan fingerprint density at radius 2 is 1.89 bits per heavy atom. The van der Waals surface area contributed by atoms with Gasteiger partial charge in [0, 0.05) is 24.9 Å². The third-order valence-electron chi connectivity index (χ3n) is 3.96. The van der Waals surface area contributed by atoms with Crippen LogP contribution in [0, 0.1) is 11.8 Å².